The molecule has 0 spiro atoms. The van der Waals surface area contributed by atoms with Crippen LogP contribution in [0.5, 0.6) is 5.75 Å². The zero-order valence-electron chi connectivity index (χ0n) is 12.1. The minimum atomic E-state index is -1.58. The first-order chi connectivity index (χ1) is 10.6. The molecular weight excluding hydrogens is 280 g/mol. The number of benzene rings is 2. The highest BCUT2D eigenvalue weighted by Gasteiger charge is 2.47. The highest BCUT2D eigenvalue weighted by Crippen LogP contribution is 2.33. The molecule has 0 radical (unpaired) electrons. The van der Waals surface area contributed by atoms with Crippen molar-refractivity contribution in [1.29, 1.82) is 0 Å². The second-order valence-electron chi connectivity index (χ2n) is 5.25. The lowest BCUT2D eigenvalue weighted by molar-refractivity contribution is -0.146. The monoisotopic (exact) mass is 296 g/mol. The fraction of sp³-hybridized carbons (Fsp3) is 0.176. The number of fused-ring (bicyclic) bond motifs is 1. The average molecular weight is 296 g/mol. The largest absolute Gasteiger partial charge is 0.466 e. The van der Waals surface area contributed by atoms with Gasteiger partial charge in [-0.25, -0.2) is 0 Å². The molecule has 1 aliphatic heterocycles. The second kappa shape index (κ2) is 5.52. The number of para-hydroxylation sites is 2. The van der Waals surface area contributed by atoms with E-state index in [1.165, 1.54) is 6.92 Å². The van der Waals surface area contributed by atoms with Crippen LogP contribution in [-0.2, 0) is 16.1 Å². The molecule has 0 aromatic heterocycles. The number of ether oxygens (including phenoxy) is 1. The molecule has 3 rings (SSSR count). The Hall–Kier alpha value is -2.82. The van der Waals surface area contributed by atoms with E-state index >= 15 is 0 Å². The zero-order valence-corrected chi connectivity index (χ0v) is 12.1. The molecule has 2 aromatic rings. The van der Waals surface area contributed by atoms with Gasteiger partial charge < -0.3 is 15.4 Å². The number of amides is 2. The Balaban J connectivity index is 1.75. The third kappa shape index (κ3) is 2.53. The minimum absolute atomic E-state index is 0.341. The Morgan fingerprint density at radius 1 is 1.14 bits per heavy atom. The van der Waals surface area contributed by atoms with Gasteiger partial charge in [0.05, 0.1) is 5.69 Å². The molecule has 1 heterocycles. The second-order valence-corrected chi connectivity index (χ2v) is 5.25. The summed E-state index contributed by atoms with van der Waals surface area (Å²) in [6.45, 7) is 1.81. The third-order valence-electron chi connectivity index (χ3n) is 3.61. The summed E-state index contributed by atoms with van der Waals surface area (Å²) in [4.78, 5) is 24.7. The van der Waals surface area contributed by atoms with E-state index in [4.69, 9.17) is 4.74 Å². The van der Waals surface area contributed by atoms with Crippen molar-refractivity contribution in [1.82, 2.24) is 5.32 Å². The van der Waals surface area contributed by atoms with Crippen molar-refractivity contribution in [3.8, 4) is 5.75 Å². The maximum absolute atomic E-state index is 12.4. The Labute approximate surface area is 128 Å². The van der Waals surface area contributed by atoms with Crippen LogP contribution >= 0.6 is 0 Å². The van der Waals surface area contributed by atoms with Crippen LogP contribution in [0, 0.1) is 0 Å². The van der Waals surface area contributed by atoms with Crippen molar-refractivity contribution in [2.24, 2.45) is 0 Å². The van der Waals surface area contributed by atoms with Crippen LogP contribution in [0.15, 0.2) is 54.6 Å². The summed E-state index contributed by atoms with van der Waals surface area (Å²) in [6, 6.07) is 16.5. The first-order valence-electron chi connectivity index (χ1n) is 7.01. The molecule has 2 amide bonds. The highest BCUT2D eigenvalue weighted by molar-refractivity contribution is 6.15. The minimum Gasteiger partial charge on any atom is -0.466 e. The first kappa shape index (κ1) is 14.1. The summed E-state index contributed by atoms with van der Waals surface area (Å²) in [7, 11) is 0. The van der Waals surface area contributed by atoms with Crippen molar-refractivity contribution < 1.29 is 14.3 Å². The summed E-state index contributed by atoms with van der Waals surface area (Å²) in [5, 5.41) is 5.45. The van der Waals surface area contributed by atoms with E-state index in [0.717, 1.165) is 5.56 Å². The van der Waals surface area contributed by atoms with Gasteiger partial charge in [0.25, 0.3) is 17.4 Å². The molecule has 0 bridgehead atoms. The van der Waals surface area contributed by atoms with Crippen LogP contribution in [0.1, 0.15) is 12.5 Å². The number of hydrogen-bond acceptors (Lipinski definition) is 3. The molecule has 0 saturated carbocycles. The van der Waals surface area contributed by atoms with Gasteiger partial charge >= 0.3 is 0 Å². The molecule has 0 saturated heterocycles. The molecule has 22 heavy (non-hydrogen) atoms. The molecule has 5 heteroatoms. The molecule has 1 aliphatic rings. The fourth-order valence-electron chi connectivity index (χ4n) is 2.26. The van der Waals surface area contributed by atoms with E-state index in [9.17, 15) is 9.59 Å². The number of anilines is 1. The normalized spacial score (nSPS) is 19.6. The quantitative estimate of drug-likeness (QED) is 0.852. The summed E-state index contributed by atoms with van der Waals surface area (Å²) in [5.41, 5.74) is -0.0553. The van der Waals surface area contributed by atoms with Crippen molar-refractivity contribution in [3.05, 3.63) is 60.2 Å². The topological polar surface area (TPSA) is 67.4 Å². The zero-order chi connectivity index (χ0) is 15.6. The number of hydrogen-bond donors (Lipinski definition) is 2. The SMILES string of the molecule is C[C@]1(C(=O)NCc2ccccc2)Oc2ccccc2NC1=O. The summed E-state index contributed by atoms with van der Waals surface area (Å²) in [5.74, 6) is -0.459. The highest BCUT2D eigenvalue weighted by atomic mass is 16.5. The Kier molecular flexibility index (Phi) is 3.55. The van der Waals surface area contributed by atoms with Crippen molar-refractivity contribution in [2.75, 3.05) is 5.32 Å². The van der Waals surface area contributed by atoms with Crippen LogP contribution in [0.3, 0.4) is 0 Å². The van der Waals surface area contributed by atoms with Crippen LogP contribution in [0.2, 0.25) is 0 Å². The molecule has 2 N–H and O–H groups in total. The maximum atomic E-state index is 12.4. The molecular formula is C17H16N2O3. The standard InChI is InChI=1S/C17H16N2O3/c1-17(15(20)18-11-12-7-3-2-4-8-12)16(21)19-13-9-5-6-10-14(13)22-17/h2-10H,11H2,1H3,(H,18,20)(H,19,21)/t17-/m1/s1. The van der Waals surface area contributed by atoms with Gasteiger partial charge in [-0.15, -0.1) is 0 Å². The van der Waals surface area contributed by atoms with Crippen molar-refractivity contribution in [3.63, 3.8) is 0 Å². The van der Waals surface area contributed by atoms with E-state index in [2.05, 4.69) is 10.6 Å². The molecule has 112 valence electrons. The van der Waals surface area contributed by atoms with Gasteiger partial charge in [0, 0.05) is 6.54 Å². The van der Waals surface area contributed by atoms with Gasteiger partial charge in [-0.3, -0.25) is 9.59 Å². The van der Waals surface area contributed by atoms with Crippen LogP contribution < -0.4 is 15.4 Å². The van der Waals surface area contributed by atoms with E-state index in [-0.39, 0.29) is 0 Å². The maximum Gasteiger partial charge on any atom is 0.278 e. The lowest BCUT2D eigenvalue weighted by Gasteiger charge is -2.33. The van der Waals surface area contributed by atoms with Crippen LogP contribution in [0.25, 0.3) is 0 Å². The van der Waals surface area contributed by atoms with Gasteiger partial charge in [-0.1, -0.05) is 42.5 Å². The van der Waals surface area contributed by atoms with E-state index in [1.54, 1.807) is 24.3 Å². The Morgan fingerprint density at radius 2 is 1.82 bits per heavy atom. The Morgan fingerprint density at radius 3 is 2.59 bits per heavy atom. The van der Waals surface area contributed by atoms with E-state index in [1.807, 2.05) is 30.3 Å². The van der Waals surface area contributed by atoms with Gasteiger partial charge in [0.2, 0.25) is 0 Å². The predicted octanol–water partition coefficient (Wildman–Crippen LogP) is 2.09. The lowest BCUT2D eigenvalue weighted by atomic mass is 10.0. The van der Waals surface area contributed by atoms with Crippen molar-refractivity contribution >= 4 is 17.5 Å². The molecule has 0 unspecified atom stereocenters. The van der Waals surface area contributed by atoms with Crippen LogP contribution in [0.4, 0.5) is 5.69 Å². The molecule has 0 fully saturated rings. The summed E-state index contributed by atoms with van der Waals surface area (Å²) < 4.78 is 5.66. The molecule has 5 nitrogen and oxygen atoms in total. The van der Waals surface area contributed by atoms with E-state index in [0.29, 0.717) is 18.0 Å². The third-order valence-corrected chi connectivity index (χ3v) is 3.61. The number of rotatable bonds is 3. The summed E-state index contributed by atoms with van der Waals surface area (Å²) in [6.07, 6.45) is 0. The lowest BCUT2D eigenvalue weighted by Crippen LogP contribution is -2.58. The molecule has 2 aromatic carbocycles. The molecule has 1 atom stereocenters. The molecule has 0 aliphatic carbocycles. The smallest absolute Gasteiger partial charge is 0.278 e. The number of nitrogens with one attached hydrogen (secondary N) is 2. The van der Waals surface area contributed by atoms with E-state index < -0.39 is 17.4 Å². The van der Waals surface area contributed by atoms with Gasteiger partial charge in [-0.2, -0.15) is 0 Å². The number of carbonyl (C=O) groups excluding carboxylic acids is 2. The summed E-state index contributed by atoms with van der Waals surface area (Å²) >= 11 is 0. The number of carbonyl (C=O) groups is 2. The fourth-order valence-corrected chi connectivity index (χ4v) is 2.26. The predicted molar refractivity (Wildman–Crippen MR) is 82.4 cm³/mol. The average Bonchev–Trinajstić information content (AvgIpc) is 2.54. The van der Waals surface area contributed by atoms with Crippen LogP contribution in [-0.4, -0.2) is 17.4 Å². The first-order valence-corrected chi connectivity index (χ1v) is 7.01. The Bertz CT molecular complexity index is 715. The van der Waals surface area contributed by atoms with Gasteiger partial charge in [-0.05, 0) is 24.6 Å². The van der Waals surface area contributed by atoms with Gasteiger partial charge in [0.1, 0.15) is 5.75 Å². The van der Waals surface area contributed by atoms with Gasteiger partial charge in [0.15, 0.2) is 0 Å². The van der Waals surface area contributed by atoms with Crippen molar-refractivity contribution in [2.45, 2.75) is 19.1 Å².